The molecule has 0 aromatic rings. The molecule has 0 aromatic heterocycles. The van der Waals surface area contributed by atoms with E-state index in [9.17, 15) is 0 Å². The van der Waals surface area contributed by atoms with Crippen molar-refractivity contribution in [2.45, 2.75) is 31.6 Å². The first-order chi connectivity index (χ1) is 6.59. The van der Waals surface area contributed by atoms with Gasteiger partial charge in [-0.1, -0.05) is 6.92 Å². The predicted octanol–water partition coefficient (Wildman–Crippen LogP) is 1.97. The van der Waals surface area contributed by atoms with Gasteiger partial charge in [-0.2, -0.15) is 0 Å². The number of hydrogen-bond donors (Lipinski definition) is 2. The Morgan fingerprint density at radius 3 is 2.93 bits per heavy atom. The molecule has 1 saturated heterocycles. The van der Waals surface area contributed by atoms with Gasteiger partial charge >= 0.3 is 0 Å². The lowest BCUT2D eigenvalue weighted by atomic mass is 10.1. The van der Waals surface area contributed by atoms with Gasteiger partial charge in [-0.05, 0) is 24.8 Å². The van der Waals surface area contributed by atoms with E-state index in [1.54, 1.807) is 0 Å². The first-order valence-corrected chi connectivity index (χ1v) is 5.46. The zero-order chi connectivity index (χ0) is 10.6. The van der Waals surface area contributed by atoms with Gasteiger partial charge in [-0.25, -0.2) is 0 Å². The van der Waals surface area contributed by atoms with E-state index in [0.29, 0.717) is 6.04 Å². The largest absolute Gasteiger partial charge is 0.481 e. The summed E-state index contributed by atoms with van der Waals surface area (Å²) in [6.45, 7) is 3.37. The Balaban J connectivity index is 0.000000213. The summed E-state index contributed by atoms with van der Waals surface area (Å²) < 4.78 is 0. The molecule has 3 nitrogen and oxygen atoms in total. The van der Waals surface area contributed by atoms with Crippen molar-refractivity contribution in [2.75, 3.05) is 0 Å². The summed E-state index contributed by atoms with van der Waals surface area (Å²) in [6, 6.07) is 0.630. The van der Waals surface area contributed by atoms with Gasteiger partial charge in [0.1, 0.15) is 0 Å². The maximum Gasteiger partial charge on any atom is 0.300 e. The van der Waals surface area contributed by atoms with Gasteiger partial charge in [0, 0.05) is 17.1 Å². The summed E-state index contributed by atoms with van der Waals surface area (Å²) in [6.07, 6.45) is 7.61. The van der Waals surface area contributed by atoms with Crippen LogP contribution in [0.25, 0.3) is 0 Å². The predicted molar refractivity (Wildman–Crippen MR) is 59.1 cm³/mol. The van der Waals surface area contributed by atoms with Gasteiger partial charge in [0.05, 0.1) is 6.04 Å². The molecular weight excluding hydrogens is 198 g/mol. The third kappa shape index (κ3) is 3.46. The van der Waals surface area contributed by atoms with Crippen molar-refractivity contribution in [1.82, 2.24) is 5.32 Å². The van der Waals surface area contributed by atoms with E-state index < -0.39 is 5.97 Å². The van der Waals surface area contributed by atoms with Crippen LogP contribution in [0.5, 0.6) is 0 Å². The number of fused-ring (bicyclic) bond motifs is 1. The molecule has 0 aliphatic carbocycles. The number of dihydropyridines is 1. The standard InChI is InChI=1S/C8H11NS.C2H4O2/c1-6-5-7-8(10-6)3-2-4-9-7;1-2(3)4/h2-4,6-7,9H,5H2,1H3;1H3,(H,3,4). The van der Waals surface area contributed by atoms with Gasteiger partial charge < -0.3 is 10.4 Å². The van der Waals surface area contributed by atoms with Gasteiger partial charge in [0.25, 0.3) is 5.97 Å². The quantitative estimate of drug-likeness (QED) is 0.646. The average Bonchev–Trinajstić information content (AvgIpc) is 2.42. The molecule has 0 amide bonds. The Bertz CT molecular complexity index is 269. The van der Waals surface area contributed by atoms with Crippen LogP contribution in [0.1, 0.15) is 20.3 Å². The van der Waals surface area contributed by atoms with Gasteiger partial charge in [0.2, 0.25) is 0 Å². The summed E-state index contributed by atoms with van der Waals surface area (Å²) in [5, 5.41) is 11.6. The molecule has 2 atom stereocenters. The van der Waals surface area contributed by atoms with E-state index in [0.717, 1.165) is 12.2 Å². The Hall–Kier alpha value is -0.900. The van der Waals surface area contributed by atoms with Crippen molar-refractivity contribution in [1.29, 1.82) is 0 Å². The minimum atomic E-state index is -0.833. The fourth-order valence-electron chi connectivity index (χ4n) is 1.43. The highest BCUT2D eigenvalue weighted by atomic mass is 32.2. The van der Waals surface area contributed by atoms with Crippen LogP contribution in [0.4, 0.5) is 0 Å². The average molecular weight is 213 g/mol. The van der Waals surface area contributed by atoms with Crippen molar-refractivity contribution in [3.63, 3.8) is 0 Å². The third-order valence-electron chi connectivity index (χ3n) is 1.90. The molecule has 2 aliphatic rings. The second-order valence-electron chi connectivity index (χ2n) is 3.33. The molecule has 78 valence electrons. The van der Waals surface area contributed by atoms with Crippen LogP contribution in [0.3, 0.4) is 0 Å². The summed E-state index contributed by atoms with van der Waals surface area (Å²) in [4.78, 5) is 10.5. The molecule has 4 heteroatoms. The molecule has 2 heterocycles. The SMILES string of the molecule is CC(=O)O.CC1CC2NC=CC=C2S1. The zero-order valence-corrected chi connectivity index (χ0v) is 9.17. The minimum absolute atomic E-state index is 0.630. The number of allylic oxidation sites excluding steroid dienone is 2. The van der Waals surface area contributed by atoms with E-state index in [2.05, 4.69) is 24.4 Å². The first kappa shape index (κ1) is 11.2. The van der Waals surface area contributed by atoms with Crippen LogP contribution in [0.2, 0.25) is 0 Å². The fourth-order valence-corrected chi connectivity index (χ4v) is 2.67. The van der Waals surface area contributed by atoms with Crippen LogP contribution in [0.15, 0.2) is 23.3 Å². The summed E-state index contributed by atoms with van der Waals surface area (Å²) in [5.74, 6) is -0.833. The van der Waals surface area contributed by atoms with E-state index >= 15 is 0 Å². The van der Waals surface area contributed by atoms with E-state index in [4.69, 9.17) is 9.90 Å². The van der Waals surface area contributed by atoms with Crippen molar-refractivity contribution in [2.24, 2.45) is 0 Å². The molecule has 0 aromatic carbocycles. The van der Waals surface area contributed by atoms with Gasteiger partial charge in [0.15, 0.2) is 0 Å². The van der Waals surface area contributed by atoms with Crippen molar-refractivity contribution < 1.29 is 9.90 Å². The number of nitrogens with one attached hydrogen (secondary N) is 1. The number of hydrogen-bond acceptors (Lipinski definition) is 3. The highest BCUT2D eigenvalue weighted by molar-refractivity contribution is 8.04. The van der Waals surface area contributed by atoms with Crippen molar-refractivity contribution in [3.8, 4) is 0 Å². The highest BCUT2D eigenvalue weighted by Gasteiger charge is 2.26. The molecule has 0 bridgehead atoms. The Kier molecular flexibility index (Phi) is 4.07. The molecule has 2 rings (SSSR count). The number of aliphatic carboxylic acids is 1. The Morgan fingerprint density at radius 2 is 2.36 bits per heavy atom. The van der Waals surface area contributed by atoms with Crippen LogP contribution < -0.4 is 5.32 Å². The molecule has 0 radical (unpaired) electrons. The normalized spacial score (nSPS) is 28.0. The van der Waals surface area contributed by atoms with Crippen molar-refractivity contribution >= 4 is 17.7 Å². The maximum atomic E-state index is 9.00. The second-order valence-corrected chi connectivity index (χ2v) is 4.84. The lowest BCUT2D eigenvalue weighted by Crippen LogP contribution is -2.24. The third-order valence-corrected chi connectivity index (χ3v) is 3.19. The van der Waals surface area contributed by atoms with E-state index in [1.807, 2.05) is 18.0 Å². The summed E-state index contributed by atoms with van der Waals surface area (Å²) in [5.41, 5.74) is 0. The van der Waals surface area contributed by atoms with Gasteiger partial charge in [-0.3, -0.25) is 4.79 Å². The van der Waals surface area contributed by atoms with Crippen molar-refractivity contribution in [3.05, 3.63) is 23.3 Å². The van der Waals surface area contributed by atoms with Crippen LogP contribution in [0, 0.1) is 0 Å². The smallest absolute Gasteiger partial charge is 0.300 e. The lowest BCUT2D eigenvalue weighted by Gasteiger charge is -2.13. The number of carboxylic acids is 1. The molecule has 2 aliphatic heterocycles. The number of thioether (sulfide) groups is 1. The highest BCUT2D eigenvalue weighted by Crippen LogP contribution is 2.37. The van der Waals surface area contributed by atoms with Crippen LogP contribution in [-0.4, -0.2) is 22.4 Å². The van der Waals surface area contributed by atoms with E-state index in [1.165, 1.54) is 11.3 Å². The lowest BCUT2D eigenvalue weighted by molar-refractivity contribution is -0.134. The molecule has 0 spiro atoms. The van der Waals surface area contributed by atoms with E-state index in [-0.39, 0.29) is 0 Å². The summed E-state index contributed by atoms with van der Waals surface area (Å²) in [7, 11) is 0. The molecule has 2 N–H and O–H groups in total. The Labute approximate surface area is 88.3 Å². The minimum Gasteiger partial charge on any atom is -0.481 e. The Morgan fingerprint density at radius 1 is 1.71 bits per heavy atom. The second kappa shape index (κ2) is 5.10. The molecular formula is C10H15NO2S. The number of carboxylic acid groups (broad SMARTS) is 1. The molecule has 14 heavy (non-hydrogen) atoms. The number of rotatable bonds is 0. The van der Waals surface area contributed by atoms with Crippen LogP contribution in [-0.2, 0) is 4.79 Å². The zero-order valence-electron chi connectivity index (χ0n) is 8.36. The number of carbonyl (C=O) groups is 1. The fraction of sp³-hybridized carbons (Fsp3) is 0.500. The topological polar surface area (TPSA) is 49.3 Å². The first-order valence-electron chi connectivity index (χ1n) is 4.58. The maximum absolute atomic E-state index is 9.00. The van der Waals surface area contributed by atoms with Crippen LogP contribution >= 0.6 is 11.8 Å². The summed E-state index contributed by atoms with van der Waals surface area (Å²) >= 11 is 2.00. The molecule has 1 fully saturated rings. The molecule has 0 saturated carbocycles. The molecule has 2 unspecified atom stereocenters. The monoisotopic (exact) mass is 213 g/mol. The van der Waals surface area contributed by atoms with Gasteiger partial charge in [-0.15, -0.1) is 11.8 Å².